The van der Waals surface area contributed by atoms with Crippen molar-refractivity contribution in [1.82, 2.24) is 9.79 Å². The van der Waals surface area contributed by atoms with Gasteiger partial charge in [0.05, 0.1) is 4.90 Å². The third-order valence-electron chi connectivity index (χ3n) is 6.63. The van der Waals surface area contributed by atoms with Gasteiger partial charge in [-0.25, -0.2) is 13.5 Å². The third-order valence-corrected chi connectivity index (χ3v) is 8.06. The van der Waals surface area contributed by atoms with Gasteiger partial charge < -0.3 is 0 Å². The minimum absolute atomic E-state index is 0.00747. The van der Waals surface area contributed by atoms with Crippen LogP contribution in [0.1, 0.15) is 28.8 Å². The molecule has 0 saturated heterocycles. The smallest absolute Gasteiger partial charge is 0.269 e. The topological polar surface area (TPSA) is 86.7 Å². The zero-order valence-electron chi connectivity index (χ0n) is 21.5. The lowest BCUT2D eigenvalue weighted by Crippen LogP contribution is -2.43. The van der Waals surface area contributed by atoms with Gasteiger partial charge in [0, 0.05) is 0 Å². The summed E-state index contributed by atoms with van der Waals surface area (Å²) in [7, 11) is -4.15. The van der Waals surface area contributed by atoms with Crippen molar-refractivity contribution in [2.45, 2.75) is 17.0 Å². The van der Waals surface area contributed by atoms with Crippen molar-refractivity contribution in [3.8, 4) is 11.1 Å². The first-order valence-corrected chi connectivity index (χ1v) is 14.3. The average Bonchev–Trinajstić information content (AvgIpc) is 3.01. The molecule has 0 saturated carbocycles. The van der Waals surface area contributed by atoms with Crippen LogP contribution in [-0.2, 0) is 14.8 Å². The third kappa shape index (κ3) is 6.02. The average molecular weight is 549 g/mol. The van der Waals surface area contributed by atoms with Gasteiger partial charge in [-0.05, 0) is 39.9 Å². The number of nitrogens with one attached hydrogen (secondary N) is 1. The number of amides is 1. The van der Waals surface area contributed by atoms with Gasteiger partial charge in [-0.1, -0.05) is 133 Å². The molecular weight excluding hydrogens is 520 g/mol. The fraction of sp³-hybridized carbons (Fsp3) is 0.0606. The van der Waals surface area contributed by atoms with Gasteiger partial charge in [-0.2, -0.15) is 4.72 Å². The minimum atomic E-state index is -4.15. The Morgan fingerprint density at radius 1 is 0.575 bits per heavy atom. The number of sulfonamides is 1. The van der Waals surface area contributed by atoms with Crippen LogP contribution in [0.5, 0.6) is 0 Å². The first-order valence-electron chi connectivity index (χ1n) is 12.8. The minimum Gasteiger partial charge on any atom is -0.285 e. The summed E-state index contributed by atoms with van der Waals surface area (Å²) in [5.74, 6) is -0.812. The molecule has 0 aliphatic heterocycles. The summed E-state index contributed by atoms with van der Waals surface area (Å²) >= 11 is 0. The van der Waals surface area contributed by atoms with Crippen molar-refractivity contribution in [1.29, 1.82) is 0 Å². The van der Waals surface area contributed by atoms with Gasteiger partial charge in [-0.3, -0.25) is 10.0 Å². The molecule has 1 amide bonds. The van der Waals surface area contributed by atoms with Crippen molar-refractivity contribution in [2.24, 2.45) is 0 Å². The van der Waals surface area contributed by atoms with Crippen molar-refractivity contribution < 1.29 is 18.4 Å². The Morgan fingerprint density at radius 3 is 1.45 bits per heavy atom. The van der Waals surface area contributed by atoms with Gasteiger partial charge in [0.2, 0.25) is 10.0 Å². The largest absolute Gasteiger partial charge is 0.285 e. The summed E-state index contributed by atoms with van der Waals surface area (Å²) in [6.07, 6.45) is 0. The molecule has 0 radical (unpaired) electrons. The Hall–Kier alpha value is -4.56. The molecule has 5 aromatic rings. The molecule has 0 unspecified atom stereocenters. The maximum Gasteiger partial charge on any atom is 0.269 e. The Balaban J connectivity index is 1.48. The van der Waals surface area contributed by atoms with E-state index in [1.54, 1.807) is 42.5 Å². The number of benzene rings is 5. The molecule has 1 atom stereocenters. The van der Waals surface area contributed by atoms with Crippen LogP contribution in [0.2, 0.25) is 0 Å². The monoisotopic (exact) mass is 548 g/mol. The van der Waals surface area contributed by atoms with Gasteiger partial charge in [0.1, 0.15) is 12.1 Å². The lowest BCUT2D eigenvalue weighted by atomic mass is 9.97. The zero-order chi connectivity index (χ0) is 28.0. The lowest BCUT2D eigenvalue weighted by Gasteiger charge is -2.30. The van der Waals surface area contributed by atoms with Crippen LogP contribution < -0.4 is 4.72 Å². The quantitative estimate of drug-likeness (QED) is 0.165. The van der Waals surface area contributed by atoms with Crippen LogP contribution in [0.25, 0.3) is 11.1 Å². The maximum absolute atomic E-state index is 13.9. The Morgan fingerprint density at radius 2 is 0.975 bits per heavy atom. The van der Waals surface area contributed by atoms with E-state index in [0.717, 1.165) is 11.1 Å². The molecule has 0 bridgehead atoms. The number of hydrogen-bond donors (Lipinski definition) is 2. The Bertz CT molecular complexity index is 1610. The fourth-order valence-corrected chi connectivity index (χ4v) is 5.77. The number of carbonyl (C=O) groups is 1. The fourth-order valence-electron chi connectivity index (χ4n) is 4.59. The van der Waals surface area contributed by atoms with Crippen LogP contribution in [0.3, 0.4) is 0 Å². The first-order chi connectivity index (χ1) is 19.4. The van der Waals surface area contributed by atoms with Crippen molar-refractivity contribution >= 4 is 15.9 Å². The Kier molecular flexibility index (Phi) is 8.17. The molecular formula is C33H28N2O4S. The van der Waals surface area contributed by atoms with Crippen LogP contribution >= 0.6 is 0 Å². The normalized spacial score (nSPS) is 12.2. The predicted octanol–water partition coefficient (Wildman–Crippen LogP) is 6.38. The highest BCUT2D eigenvalue weighted by Gasteiger charge is 2.34. The Labute approximate surface area is 234 Å². The molecule has 5 aromatic carbocycles. The second kappa shape index (κ2) is 12.1. The molecule has 40 heavy (non-hydrogen) atoms. The highest BCUT2D eigenvalue weighted by Crippen LogP contribution is 2.31. The molecule has 200 valence electrons. The van der Waals surface area contributed by atoms with E-state index in [1.165, 1.54) is 12.1 Å². The predicted molar refractivity (Wildman–Crippen MR) is 155 cm³/mol. The number of hydrogen-bond acceptors (Lipinski definition) is 4. The molecule has 0 spiro atoms. The SMILES string of the molecule is O=C([C@H](NS(=O)(=O)c1ccc(-c2ccccc2)cc1)c1ccccc1)N(O)C(c1ccccc1)c1ccccc1. The van der Waals surface area contributed by atoms with E-state index < -0.39 is 28.0 Å². The van der Waals surface area contributed by atoms with Crippen LogP contribution in [0, 0.1) is 0 Å². The molecule has 7 heteroatoms. The van der Waals surface area contributed by atoms with E-state index in [0.29, 0.717) is 21.8 Å². The molecule has 6 nitrogen and oxygen atoms in total. The van der Waals surface area contributed by atoms with E-state index in [2.05, 4.69) is 4.72 Å². The molecule has 0 fully saturated rings. The van der Waals surface area contributed by atoms with E-state index in [9.17, 15) is 18.4 Å². The first kappa shape index (κ1) is 27.0. The molecule has 2 N–H and O–H groups in total. The van der Waals surface area contributed by atoms with Crippen LogP contribution in [-0.4, -0.2) is 24.6 Å². The number of carbonyl (C=O) groups excluding carboxylic acids is 1. The summed E-state index contributed by atoms with van der Waals surface area (Å²) in [5.41, 5.74) is 3.58. The highest BCUT2D eigenvalue weighted by molar-refractivity contribution is 7.89. The van der Waals surface area contributed by atoms with Crippen LogP contribution in [0.4, 0.5) is 0 Å². The summed E-state index contributed by atoms with van der Waals surface area (Å²) in [6, 6.07) is 40.6. The highest BCUT2D eigenvalue weighted by atomic mass is 32.2. The number of hydroxylamine groups is 2. The van der Waals surface area contributed by atoms with Gasteiger partial charge in [0.25, 0.3) is 5.91 Å². The molecule has 0 aliphatic rings. The van der Waals surface area contributed by atoms with E-state index in [1.807, 2.05) is 91.0 Å². The van der Waals surface area contributed by atoms with Crippen molar-refractivity contribution in [3.63, 3.8) is 0 Å². The van der Waals surface area contributed by atoms with E-state index in [-0.39, 0.29) is 4.90 Å². The number of rotatable bonds is 9. The number of nitrogens with zero attached hydrogens (tertiary/aromatic N) is 1. The molecule has 0 aromatic heterocycles. The summed E-state index contributed by atoms with van der Waals surface area (Å²) < 4.78 is 29.6. The van der Waals surface area contributed by atoms with Crippen molar-refractivity contribution in [3.05, 3.63) is 162 Å². The maximum atomic E-state index is 13.9. The lowest BCUT2D eigenvalue weighted by molar-refractivity contribution is -0.175. The summed E-state index contributed by atoms with van der Waals surface area (Å²) in [6.45, 7) is 0. The van der Waals surface area contributed by atoms with Crippen molar-refractivity contribution in [2.75, 3.05) is 0 Å². The zero-order valence-corrected chi connectivity index (χ0v) is 22.4. The molecule has 0 heterocycles. The molecule has 0 aliphatic carbocycles. The van der Waals surface area contributed by atoms with E-state index >= 15 is 0 Å². The second-order valence-electron chi connectivity index (χ2n) is 9.26. The van der Waals surface area contributed by atoms with Gasteiger partial charge >= 0.3 is 0 Å². The van der Waals surface area contributed by atoms with Gasteiger partial charge in [0.15, 0.2) is 0 Å². The van der Waals surface area contributed by atoms with Crippen LogP contribution in [0.15, 0.2) is 150 Å². The van der Waals surface area contributed by atoms with E-state index in [4.69, 9.17) is 0 Å². The second-order valence-corrected chi connectivity index (χ2v) is 11.0. The summed E-state index contributed by atoms with van der Waals surface area (Å²) in [4.78, 5) is 13.9. The summed E-state index contributed by atoms with van der Waals surface area (Å²) in [5, 5.41) is 12.0. The standard InChI is InChI=1S/C33H28N2O4S/c36-33(35(37)32(28-17-9-3-10-18-28)29-19-11-4-12-20-29)31(27-15-7-2-8-16-27)34-40(38,39)30-23-21-26(22-24-30)25-13-5-1-6-14-25/h1-24,31-32,34,37H/t31-/m1/s1. The van der Waals surface area contributed by atoms with Gasteiger partial charge in [-0.15, -0.1) is 0 Å². The molecule has 5 rings (SSSR count).